The largest absolute Gasteiger partial charge is 0.382 e. The molecule has 0 aliphatic rings. The van der Waals surface area contributed by atoms with Crippen LogP contribution in [0.15, 0.2) is 65.8 Å². The zero-order chi connectivity index (χ0) is 21.7. The van der Waals surface area contributed by atoms with E-state index in [9.17, 15) is 18.0 Å². The SMILES string of the molecule is Nc1nccnc1C(=O)NNC(=O)c1cccc(S(=O)(=O)Nc2ccccc2Cl)c1. The number of sulfonamides is 1. The summed E-state index contributed by atoms with van der Waals surface area (Å²) in [6.07, 6.45) is 2.58. The summed E-state index contributed by atoms with van der Waals surface area (Å²) < 4.78 is 27.6. The van der Waals surface area contributed by atoms with Crippen LogP contribution in [0.25, 0.3) is 0 Å². The van der Waals surface area contributed by atoms with Crippen LogP contribution >= 0.6 is 11.6 Å². The maximum Gasteiger partial charge on any atom is 0.292 e. The van der Waals surface area contributed by atoms with Crippen LogP contribution in [-0.4, -0.2) is 30.2 Å². The first-order valence-electron chi connectivity index (χ1n) is 8.32. The molecular weight excluding hydrogens is 432 g/mol. The van der Waals surface area contributed by atoms with E-state index >= 15 is 0 Å². The first-order chi connectivity index (χ1) is 14.3. The number of hydrogen-bond acceptors (Lipinski definition) is 7. The number of nitrogen functional groups attached to an aromatic ring is 1. The molecular formula is C18H15ClN6O4S. The van der Waals surface area contributed by atoms with Crippen molar-refractivity contribution in [2.75, 3.05) is 10.5 Å². The van der Waals surface area contributed by atoms with Crippen LogP contribution < -0.4 is 21.3 Å². The van der Waals surface area contributed by atoms with Gasteiger partial charge in [0.05, 0.1) is 15.6 Å². The van der Waals surface area contributed by atoms with E-state index in [1.54, 1.807) is 12.1 Å². The summed E-state index contributed by atoms with van der Waals surface area (Å²) in [6.45, 7) is 0. The number of nitrogens with one attached hydrogen (secondary N) is 3. The lowest BCUT2D eigenvalue weighted by Gasteiger charge is -2.11. The fourth-order valence-electron chi connectivity index (χ4n) is 2.32. The Bertz CT molecular complexity index is 1220. The normalized spacial score (nSPS) is 10.8. The van der Waals surface area contributed by atoms with Gasteiger partial charge in [-0.15, -0.1) is 0 Å². The number of nitrogens with zero attached hydrogens (tertiary/aromatic N) is 2. The standard InChI is InChI=1S/C18H15ClN6O4S/c19-13-6-1-2-7-14(13)25-30(28,29)12-5-3-4-11(10-12)17(26)23-24-18(27)15-16(20)22-9-8-21-15/h1-10,25H,(H2,20,22)(H,23,26)(H,24,27). The van der Waals surface area contributed by atoms with Gasteiger partial charge in [0.25, 0.3) is 21.8 Å². The van der Waals surface area contributed by atoms with Gasteiger partial charge in [0.2, 0.25) is 0 Å². The number of hydrogen-bond donors (Lipinski definition) is 4. The van der Waals surface area contributed by atoms with Crippen LogP contribution in [0.4, 0.5) is 11.5 Å². The molecule has 12 heteroatoms. The molecule has 154 valence electrons. The molecule has 2 amide bonds. The van der Waals surface area contributed by atoms with Crippen molar-refractivity contribution in [2.24, 2.45) is 0 Å². The maximum atomic E-state index is 12.6. The molecule has 0 fully saturated rings. The summed E-state index contributed by atoms with van der Waals surface area (Å²) in [4.78, 5) is 31.7. The third kappa shape index (κ3) is 4.82. The molecule has 0 spiro atoms. The lowest BCUT2D eigenvalue weighted by Crippen LogP contribution is -2.42. The molecule has 30 heavy (non-hydrogen) atoms. The van der Waals surface area contributed by atoms with E-state index in [0.717, 1.165) is 6.07 Å². The highest BCUT2D eigenvalue weighted by atomic mass is 35.5. The third-order valence-electron chi connectivity index (χ3n) is 3.76. The number of aromatic nitrogens is 2. The number of anilines is 2. The van der Waals surface area contributed by atoms with E-state index in [2.05, 4.69) is 25.5 Å². The molecule has 0 radical (unpaired) electrons. The first-order valence-corrected chi connectivity index (χ1v) is 10.2. The molecule has 3 aromatic rings. The summed E-state index contributed by atoms with van der Waals surface area (Å²) in [5, 5.41) is 0.223. The van der Waals surface area contributed by atoms with Crippen LogP contribution in [-0.2, 0) is 10.0 Å². The van der Waals surface area contributed by atoms with Gasteiger partial charge < -0.3 is 5.73 Å². The lowest BCUT2D eigenvalue weighted by atomic mass is 10.2. The Morgan fingerprint density at radius 2 is 1.63 bits per heavy atom. The van der Waals surface area contributed by atoms with Crippen molar-refractivity contribution < 1.29 is 18.0 Å². The molecule has 3 rings (SSSR count). The number of carbonyl (C=O) groups is 2. The molecule has 5 N–H and O–H groups in total. The van der Waals surface area contributed by atoms with E-state index in [4.69, 9.17) is 17.3 Å². The van der Waals surface area contributed by atoms with Crippen molar-refractivity contribution in [3.63, 3.8) is 0 Å². The number of nitrogens with two attached hydrogens (primary N) is 1. The Balaban J connectivity index is 1.73. The molecule has 0 unspecified atom stereocenters. The summed E-state index contributed by atoms with van der Waals surface area (Å²) >= 11 is 5.98. The Kier molecular flexibility index (Phi) is 6.14. The van der Waals surface area contributed by atoms with E-state index in [1.165, 1.54) is 42.7 Å². The van der Waals surface area contributed by atoms with Gasteiger partial charge in [-0.3, -0.25) is 25.2 Å². The van der Waals surface area contributed by atoms with E-state index in [1.807, 2.05) is 0 Å². The quantitative estimate of drug-likeness (QED) is 0.433. The van der Waals surface area contributed by atoms with Crippen LogP contribution in [0.5, 0.6) is 0 Å². The highest BCUT2D eigenvalue weighted by Gasteiger charge is 2.18. The summed E-state index contributed by atoms with van der Waals surface area (Å²) in [7, 11) is -4.01. The minimum absolute atomic E-state index is 0.00977. The van der Waals surface area contributed by atoms with Crippen molar-refractivity contribution in [2.45, 2.75) is 4.90 Å². The van der Waals surface area contributed by atoms with Crippen LogP contribution in [0.1, 0.15) is 20.8 Å². The van der Waals surface area contributed by atoms with E-state index < -0.39 is 21.8 Å². The predicted octanol–water partition coefficient (Wildman–Crippen LogP) is 1.59. The van der Waals surface area contributed by atoms with Gasteiger partial charge in [-0.2, -0.15) is 0 Å². The van der Waals surface area contributed by atoms with Crippen molar-refractivity contribution >= 4 is 44.9 Å². The fraction of sp³-hybridized carbons (Fsp3) is 0. The van der Waals surface area contributed by atoms with Gasteiger partial charge in [0.15, 0.2) is 11.5 Å². The van der Waals surface area contributed by atoms with E-state index in [0.29, 0.717) is 0 Å². The minimum Gasteiger partial charge on any atom is -0.382 e. The van der Waals surface area contributed by atoms with Crippen LogP contribution in [0.2, 0.25) is 5.02 Å². The number of halogens is 1. The smallest absolute Gasteiger partial charge is 0.292 e. The molecule has 0 aliphatic carbocycles. The zero-order valence-electron chi connectivity index (χ0n) is 15.2. The van der Waals surface area contributed by atoms with Gasteiger partial charge in [-0.25, -0.2) is 18.4 Å². The highest BCUT2D eigenvalue weighted by molar-refractivity contribution is 7.92. The second-order valence-electron chi connectivity index (χ2n) is 5.81. The minimum atomic E-state index is -4.01. The van der Waals surface area contributed by atoms with Gasteiger partial charge in [0, 0.05) is 18.0 Å². The molecule has 1 heterocycles. The number of rotatable bonds is 5. The second kappa shape index (κ2) is 8.76. The van der Waals surface area contributed by atoms with Crippen molar-refractivity contribution in [3.05, 3.63) is 77.2 Å². The summed E-state index contributed by atoms with van der Waals surface area (Å²) in [5.74, 6) is -1.64. The van der Waals surface area contributed by atoms with Crippen molar-refractivity contribution in [1.82, 2.24) is 20.8 Å². The lowest BCUT2D eigenvalue weighted by molar-refractivity contribution is 0.0844. The third-order valence-corrected chi connectivity index (χ3v) is 5.45. The first kappa shape index (κ1) is 21.0. The molecule has 0 bridgehead atoms. The van der Waals surface area contributed by atoms with Gasteiger partial charge >= 0.3 is 0 Å². The molecule has 0 aliphatic heterocycles. The number of benzene rings is 2. The topological polar surface area (TPSA) is 156 Å². The highest BCUT2D eigenvalue weighted by Crippen LogP contribution is 2.24. The summed E-state index contributed by atoms with van der Waals surface area (Å²) in [6, 6.07) is 11.6. The van der Waals surface area contributed by atoms with Crippen LogP contribution in [0.3, 0.4) is 0 Å². The predicted molar refractivity (Wildman–Crippen MR) is 110 cm³/mol. The molecule has 0 atom stereocenters. The maximum absolute atomic E-state index is 12.6. The average Bonchev–Trinajstić information content (AvgIpc) is 2.74. The Morgan fingerprint density at radius 1 is 0.933 bits per heavy atom. The number of amides is 2. The average molecular weight is 447 g/mol. The Labute approximate surface area is 176 Å². The number of para-hydroxylation sites is 1. The van der Waals surface area contributed by atoms with Crippen LogP contribution in [0, 0.1) is 0 Å². The van der Waals surface area contributed by atoms with Gasteiger partial charge in [-0.1, -0.05) is 29.8 Å². The molecule has 0 saturated carbocycles. The molecule has 0 saturated heterocycles. The Hall–Kier alpha value is -3.70. The molecule has 1 aromatic heterocycles. The number of hydrazine groups is 1. The second-order valence-corrected chi connectivity index (χ2v) is 7.90. The fourth-order valence-corrected chi connectivity index (χ4v) is 3.68. The van der Waals surface area contributed by atoms with Gasteiger partial charge in [-0.05, 0) is 30.3 Å². The summed E-state index contributed by atoms with van der Waals surface area (Å²) in [5.41, 5.74) is 9.87. The van der Waals surface area contributed by atoms with Gasteiger partial charge in [0.1, 0.15) is 0 Å². The zero-order valence-corrected chi connectivity index (χ0v) is 16.7. The monoisotopic (exact) mass is 446 g/mol. The molecule has 10 nitrogen and oxygen atoms in total. The Morgan fingerprint density at radius 3 is 2.37 bits per heavy atom. The van der Waals surface area contributed by atoms with E-state index in [-0.39, 0.29) is 32.7 Å². The number of carbonyl (C=O) groups excluding carboxylic acids is 2. The van der Waals surface area contributed by atoms with Crippen molar-refractivity contribution in [1.29, 1.82) is 0 Å². The molecule has 2 aromatic carbocycles. The van der Waals surface area contributed by atoms with Crippen molar-refractivity contribution in [3.8, 4) is 0 Å².